The number of rotatable bonds is 4. The van der Waals surface area contributed by atoms with Crippen LogP contribution in [-0.4, -0.2) is 8.07 Å². The summed E-state index contributed by atoms with van der Waals surface area (Å²) in [6.45, 7) is 26.1. The summed E-state index contributed by atoms with van der Waals surface area (Å²) in [4.78, 5) is 0. The molecular weight excluding hydrogens is 592 g/mol. The van der Waals surface area contributed by atoms with Gasteiger partial charge in [-0.05, 0) is 108 Å². The Labute approximate surface area is 283 Å². The van der Waals surface area contributed by atoms with Gasteiger partial charge in [-0.15, -0.1) is 0 Å². The summed E-state index contributed by atoms with van der Waals surface area (Å²) in [5, 5.41) is 4.22. The Morgan fingerprint density at radius 1 is 0.761 bits per heavy atom. The molecule has 0 saturated carbocycles. The average molecular weight is 641 g/mol. The van der Waals surface area contributed by atoms with Crippen molar-refractivity contribution < 1.29 is 0 Å². The monoisotopic (exact) mass is 640 g/mol. The molecule has 0 saturated heterocycles. The third-order valence-electron chi connectivity index (χ3n) is 11.1. The standard InChI is InChI=1S/C44H49ClSi/c1-25(2)33-23-29-24-35(42-38(39(29)41(33)46(42,10)11)28-14-18-31(19-15-28)44(7,8)9)37-26(3)22-34-32(20-21-36(45)40(34)37)27-12-16-30(17-13-27)43(4,5)6/h12-22,24-25,37H,23H2,1-11H3. The summed E-state index contributed by atoms with van der Waals surface area (Å²) in [6, 6.07) is 25.7. The van der Waals surface area contributed by atoms with Gasteiger partial charge in [-0.1, -0.05) is 158 Å². The lowest BCUT2D eigenvalue weighted by atomic mass is 9.82. The Balaban J connectivity index is 1.45. The lowest BCUT2D eigenvalue weighted by Gasteiger charge is -2.29. The van der Waals surface area contributed by atoms with Crippen LogP contribution in [0, 0.1) is 5.92 Å². The van der Waals surface area contributed by atoms with Crippen molar-refractivity contribution in [1.82, 2.24) is 0 Å². The molecule has 1 unspecified atom stereocenters. The predicted octanol–water partition coefficient (Wildman–Crippen LogP) is 12.3. The minimum absolute atomic E-state index is 0.129. The van der Waals surface area contributed by atoms with Crippen LogP contribution in [0.4, 0.5) is 0 Å². The van der Waals surface area contributed by atoms with Crippen LogP contribution in [0.5, 0.6) is 0 Å². The number of hydrogen-bond donors (Lipinski definition) is 0. The summed E-state index contributed by atoms with van der Waals surface area (Å²) in [6.07, 6.45) is 3.51. The molecule has 4 aromatic carbocycles. The maximum Gasteiger partial charge on any atom is 0.114 e. The Morgan fingerprint density at radius 3 is 1.87 bits per heavy atom. The molecule has 46 heavy (non-hydrogen) atoms. The van der Waals surface area contributed by atoms with Gasteiger partial charge >= 0.3 is 0 Å². The van der Waals surface area contributed by atoms with Gasteiger partial charge in [0.25, 0.3) is 0 Å². The summed E-state index contributed by atoms with van der Waals surface area (Å²) in [5.41, 5.74) is 18.7. The number of hydrogen-bond acceptors (Lipinski definition) is 0. The lowest BCUT2D eigenvalue weighted by Crippen LogP contribution is -2.43. The van der Waals surface area contributed by atoms with Crippen molar-refractivity contribution in [3.8, 4) is 22.3 Å². The van der Waals surface area contributed by atoms with Crippen LogP contribution in [0.2, 0.25) is 18.1 Å². The molecule has 236 valence electrons. The van der Waals surface area contributed by atoms with Crippen molar-refractivity contribution in [3.63, 3.8) is 0 Å². The van der Waals surface area contributed by atoms with Gasteiger partial charge in [-0.25, -0.2) is 0 Å². The van der Waals surface area contributed by atoms with Crippen molar-refractivity contribution in [2.24, 2.45) is 5.92 Å². The zero-order valence-corrected chi connectivity index (χ0v) is 31.4. The molecule has 3 aliphatic rings. The highest BCUT2D eigenvalue weighted by molar-refractivity contribution is 7.07. The first-order chi connectivity index (χ1) is 21.5. The third kappa shape index (κ3) is 4.68. The second kappa shape index (κ2) is 10.4. The Hall–Kier alpha value is -3.13. The third-order valence-corrected chi connectivity index (χ3v) is 15.0. The van der Waals surface area contributed by atoms with Crippen LogP contribution in [0.1, 0.15) is 107 Å². The van der Waals surface area contributed by atoms with Crippen molar-refractivity contribution in [3.05, 3.63) is 122 Å². The van der Waals surface area contributed by atoms with Crippen LogP contribution in [0.25, 0.3) is 33.5 Å². The quantitative estimate of drug-likeness (QED) is 0.195. The lowest BCUT2D eigenvalue weighted by molar-refractivity contribution is 0.590. The van der Waals surface area contributed by atoms with Gasteiger partial charge in [-0.3, -0.25) is 0 Å². The van der Waals surface area contributed by atoms with Gasteiger partial charge in [0.1, 0.15) is 8.07 Å². The van der Waals surface area contributed by atoms with Gasteiger partial charge in [0.05, 0.1) is 0 Å². The van der Waals surface area contributed by atoms with E-state index in [4.69, 9.17) is 11.6 Å². The number of allylic oxidation sites excluding steroid dienone is 2. The largest absolute Gasteiger partial charge is 0.114 e. The SMILES string of the molecule is CC1=Cc2c(-c3ccc(C(C)(C)C)cc3)ccc(Cl)c2C1c1cc2c3c(-c4ccc(C(C)(C)C)cc4)c1[Si](C)(C)C3=C(C(C)C)C2. The number of benzene rings is 4. The average Bonchev–Trinajstić information content (AvgIpc) is 3.59. The van der Waals surface area contributed by atoms with Crippen molar-refractivity contribution >= 4 is 36.1 Å². The van der Waals surface area contributed by atoms with Crippen molar-refractivity contribution in [2.75, 3.05) is 0 Å². The second-order valence-corrected chi connectivity index (χ2v) is 21.7. The fourth-order valence-corrected chi connectivity index (χ4v) is 13.1. The van der Waals surface area contributed by atoms with E-state index >= 15 is 0 Å². The molecule has 4 aromatic rings. The van der Waals surface area contributed by atoms with Crippen LogP contribution < -0.4 is 5.19 Å². The van der Waals surface area contributed by atoms with E-state index in [9.17, 15) is 0 Å². The van der Waals surface area contributed by atoms with Gasteiger partial charge in [0.15, 0.2) is 0 Å². The molecule has 0 N–H and O–H groups in total. The van der Waals surface area contributed by atoms with Crippen LogP contribution in [-0.2, 0) is 17.3 Å². The first-order valence-corrected chi connectivity index (χ1v) is 20.5. The molecule has 1 atom stereocenters. The molecule has 0 spiro atoms. The van der Waals surface area contributed by atoms with E-state index in [0.29, 0.717) is 5.92 Å². The molecule has 1 heterocycles. The molecule has 0 nitrogen and oxygen atoms in total. The zero-order chi connectivity index (χ0) is 33.1. The molecule has 7 rings (SSSR count). The summed E-state index contributed by atoms with van der Waals surface area (Å²) in [7, 11) is -2.02. The van der Waals surface area contributed by atoms with Gasteiger partial charge in [0.2, 0.25) is 0 Å². The molecular formula is C44H49ClSi. The van der Waals surface area contributed by atoms with Crippen LogP contribution in [0.15, 0.2) is 77.9 Å². The first kappa shape index (κ1) is 31.5. The molecule has 0 fully saturated rings. The van der Waals surface area contributed by atoms with E-state index in [1.54, 1.807) is 21.5 Å². The molecule has 2 heteroatoms. The highest BCUT2D eigenvalue weighted by atomic mass is 35.5. The molecule has 2 aliphatic carbocycles. The van der Waals surface area contributed by atoms with Crippen LogP contribution >= 0.6 is 11.6 Å². The fraction of sp³-hybridized carbons (Fsp3) is 0.364. The predicted molar refractivity (Wildman–Crippen MR) is 204 cm³/mol. The highest BCUT2D eigenvalue weighted by Gasteiger charge is 2.49. The molecule has 0 radical (unpaired) electrons. The minimum Gasteiger partial charge on any atom is -0.0840 e. The molecule has 2 bridgehead atoms. The number of fused-ring (bicyclic) bond motifs is 2. The topological polar surface area (TPSA) is 0 Å². The molecule has 1 aliphatic heterocycles. The normalized spacial score (nSPS) is 18.1. The summed E-state index contributed by atoms with van der Waals surface area (Å²) >= 11 is 7.24. The fourth-order valence-electron chi connectivity index (χ4n) is 8.70. The summed E-state index contributed by atoms with van der Waals surface area (Å²) in [5.74, 6) is 0.724. The van der Waals surface area contributed by atoms with E-state index < -0.39 is 8.07 Å². The van der Waals surface area contributed by atoms with Gasteiger partial charge in [-0.2, -0.15) is 0 Å². The molecule has 0 aromatic heterocycles. The second-order valence-electron chi connectivity index (χ2n) is 17.0. The van der Waals surface area contributed by atoms with E-state index in [1.807, 2.05) is 0 Å². The van der Waals surface area contributed by atoms with E-state index in [0.717, 1.165) is 11.4 Å². The Bertz CT molecular complexity index is 1970. The minimum atomic E-state index is -2.02. The van der Waals surface area contributed by atoms with E-state index in [1.165, 1.54) is 61.2 Å². The zero-order valence-electron chi connectivity index (χ0n) is 29.7. The van der Waals surface area contributed by atoms with E-state index in [-0.39, 0.29) is 16.7 Å². The van der Waals surface area contributed by atoms with Gasteiger partial charge in [0, 0.05) is 10.9 Å². The number of halogens is 1. The molecule has 0 amide bonds. The highest BCUT2D eigenvalue weighted by Crippen LogP contribution is 2.55. The Kier molecular flexibility index (Phi) is 7.14. The van der Waals surface area contributed by atoms with E-state index in [2.05, 4.69) is 148 Å². The summed E-state index contributed by atoms with van der Waals surface area (Å²) < 4.78 is 0. The Morgan fingerprint density at radius 2 is 1.33 bits per heavy atom. The maximum atomic E-state index is 7.24. The van der Waals surface area contributed by atoms with Crippen molar-refractivity contribution in [2.45, 2.75) is 98.6 Å². The first-order valence-electron chi connectivity index (χ1n) is 17.2. The van der Waals surface area contributed by atoms with Crippen molar-refractivity contribution in [1.29, 1.82) is 0 Å². The maximum absolute atomic E-state index is 7.24. The van der Waals surface area contributed by atoms with Crippen LogP contribution in [0.3, 0.4) is 0 Å². The van der Waals surface area contributed by atoms with Gasteiger partial charge < -0.3 is 0 Å². The smallest absolute Gasteiger partial charge is 0.0840 e.